The van der Waals surface area contributed by atoms with Crippen molar-refractivity contribution in [3.63, 3.8) is 0 Å². The van der Waals surface area contributed by atoms with Crippen molar-refractivity contribution < 1.29 is 9.59 Å². The second-order valence-electron chi connectivity index (χ2n) is 10.6. The number of amides is 2. The van der Waals surface area contributed by atoms with Crippen LogP contribution in [0.3, 0.4) is 0 Å². The topological polar surface area (TPSA) is 140 Å². The molecule has 5 rings (SSSR count). The molecule has 5 aromatic rings. The van der Waals surface area contributed by atoms with Crippen LogP contribution in [0.4, 0.5) is 0 Å². The summed E-state index contributed by atoms with van der Waals surface area (Å²) in [7, 11) is 0. The van der Waals surface area contributed by atoms with Gasteiger partial charge in [0.1, 0.15) is 0 Å². The first-order valence-electron chi connectivity index (χ1n) is 14.5. The number of carbonyl (C=O) groups is 2. The second-order valence-corrected chi connectivity index (χ2v) is 10.6. The summed E-state index contributed by atoms with van der Waals surface area (Å²) in [5, 5.41) is 5.05. The Kier molecular flexibility index (Phi) is 9.64. The van der Waals surface area contributed by atoms with Crippen molar-refractivity contribution in [2.24, 2.45) is 22.2 Å². The molecular formula is C36H36N6O2. The van der Waals surface area contributed by atoms with Crippen molar-refractivity contribution >= 4 is 28.5 Å². The molecule has 0 spiro atoms. The quantitative estimate of drug-likeness (QED) is 0.130. The van der Waals surface area contributed by atoms with Gasteiger partial charge in [-0.05, 0) is 68.9 Å². The zero-order valence-electron chi connectivity index (χ0n) is 24.4. The number of hydrogen-bond acceptors (Lipinski definition) is 4. The number of carbonyl (C=O) groups excluding carboxylic acids is 2. The van der Waals surface area contributed by atoms with Gasteiger partial charge in [-0.1, -0.05) is 84.9 Å². The minimum atomic E-state index is -0.162. The van der Waals surface area contributed by atoms with Crippen molar-refractivity contribution in [1.29, 1.82) is 0 Å². The number of aliphatic imine (C=N–C) groups is 1. The number of rotatable bonds is 11. The minimum Gasteiger partial charge on any atom is -0.370 e. The lowest BCUT2D eigenvalue weighted by Crippen LogP contribution is -2.30. The number of nitrogens with two attached hydrogens (primary N) is 3. The Morgan fingerprint density at radius 1 is 0.705 bits per heavy atom. The Labute approximate surface area is 257 Å². The van der Waals surface area contributed by atoms with Crippen molar-refractivity contribution in [3.05, 3.63) is 143 Å². The maximum atomic E-state index is 14.0. The van der Waals surface area contributed by atoms with Gasteiger partial charge in [-0.15, -0.1) is 0 Å². The molecule has 0 aromatic heterocycles. The van der Waals surface area contributed by atoms with Crippen LogP contribution in [0.2, 0.25) is 0 Å². The molecule has 2 amide bonds. The van der Waals surface area contributed by atoms with Gasteiger partial charge in [0.15, 0.2) is 5.96 Å². The van der Waals surface area contributed by atoms with Crippen LogP contribution in [0.5, 0.6) is 0 Å². The zero-order valence-corrected chi connectivity index (χ0v) is 24.4. The van der Waals surface area contributed by atoms with Gasteiger partial charge in [0.05, 0.1) is 6.54 Å². The molecule has 5 aromatic carbocycles. The van der Waals surface area contributed by atoms with Gasteiger partial charge in [-0.25, -0.2) is 4.99 Å². The fourth-order valence-electron chi connectivity index (χ4n) is 5.15. The predicted molar refractivity (Wildman–Crippen MR) is 177 cm³/mol. The van der Waals surface area contributed by atoms with Gasteiger partial charge in [-0.2, -0.15) is 0 Å². The molecule has 44 heavy (non-hydrogen) atoms. The maximum absolute atomic E-state index is 14.0. The minimum absolute atomic E-state index is 0.0234. The normalized spacial score (nSPS) is 10.8. The summed E-state index contributed by atoms with van der Waals surface area (Å²) in [5.74, 6) is -0.227. The van der Waals surface area contributed by atoms with E-state index in [0.29, 0.717) is 43.9 Å². The van der Waals surface area contributed by atoms with E-state index in [-0.39, 0.29) is 17.8 Å². The summed E-state index contributed by atoms with van der Waals surface area (Å²) in [6.45, 7) is 1.96. The third-order valence-electron chi connectivity index (χ3n) is 7.36. The number of guanidine groups is 1. The standard InChI is InChI=1S/C36H36N6O2/c37-18-19-40-34(43)31-11-5-10-30(21-31)29-9-3-6-26(20-29)23-42(24-32-12-4-8-27-7-1-2-13-33(27)32)35(44)28-16-14-25(15-17-28)22-41-36(38)39/h1-17,20-21H,18-19,22-24,37H2,(H,40,43)(H4,38,39,41). The number of nitrogens with one attached hydrogen (secondary N) is 1. The number of fused-ring (bicyclic) bond motifs is 1. The van der Waals surface area contributed by atoms with Crippen molar-refractivity contribution in [2.75, 3.05) is 13.1 Å². The van der Waals surface area contributed by atoms with Gasteiger partial charge in [0.25, 0.3) is 11.8 Å². The lowest BCUT2D eigenvalue weighted by molar-refractivity contribution is 0.0730. The maximum Gasteiger partial charge on any atom is 0.254 e. The molecule has 0 saturated carbocycles. The molecule has 0 aliphatic heterocycles. The lowest BCUT2D eigenvalue weighted by atomic mass is 10.00. The molecule has 0 fully saturated rings. The first-order valence-corrected chi connectivity index (χ1v) is 14.5. The van der Waals surface area contributed by atoms with Crippen LogP contribution in [-0.4, -0.2) is 35.8 Å². The molecule has 222 valence electrons. The van der Waals surface area contributed by atoms with Crippen LogP contribution in [0, 0.1) is 0 Å². The Morgan fingerprint density at radius 2 is 1.41 bits per heavy atom. The molecule has 0 bridgehead atoms. The van der Waals surface area contributed by atoms with Gasteiger partial charge in [0, 0.05) is 37.3 Å². The molecule has 8 nitrogen and oxygen atoms in total. The highest BCUT2D eigenvalue weighted by molar-refractivity contribution is 5.96. The fraction of sp³-hybridized carbons (Fsp3) is 0.139. The molecule has 0 radical (unpaired) electrons. The molecule has 0 aliphatic carbocycles. The smallest absolute Gasteiger partial charge is 0.254 e. The largest absolute Gasteiger partial charge is 0.370 e. The van der Waals surface area contributed by atoms with Gasteiger partial charge in [-0.3, -0.25) is 9.59 Å². The highest BCUT2D eigenvalue weighted by Crippen LogP contribution is 2.25. The Balaban J connectivity index is 1.45. The van der Waals surface area contributed by atoms with E-state index in [2.05, 4.69) is 40.6 Å². The third-order valence-corrected chi connectivity index (χ3v) is 7.36. The summed E-state index contributed by atoms with van der Waals surface area (Å²) >= 11 is 0. The van der Waals surface area contributed by atoms with Gasteiger partial charge < -0.3 is 27.4 Å². The first kappa shape index (κ1) is 30.0. The van der Waals surface area contributed by atoms with Gasteiger partial charge in [0.2, 0.25) is 0 Å². The van der Waals surface area contributed by atoms with E-state index >= 15 is 0 Å². The molecule has 7 N–H and O–H groups in total. The summed E-state index contributed by atoms with van der Waals surface area (Å²) in [6.07, 6.45) is 0. The fourth-order valence-corrected chi connectivity index (χ4v) is 5.15. The van der Waals surface area contributed by atoms with E-state index in [1.165, 1.54) is 0 Å². The van der Waals surface area contributed by atoms with E-state index in [9.17, 15) is 9.59 Å². The van der Waals surface area contributed by atoms with Crippen molar-refractivity contribution in [2.45, 2.75) is 19.6 Å². The molecular weight excluding hydrogens is 548 g/mol. The van der Waals surface area contributed by atoms with E-state index in [1.54, 1.807) is 6.07 Å². The first-order chi connectivity index (χ1) is 21.4. The van der Waals surface area contributed by atoms with E-state index in [0.717, 1.165) is 38.6 Å². The van der Waals surface area contributed by atoms with E-state index in [1.807, 2.05) is 83.8 Å². The predicted octanol–water partition coefficient (Wildman–Crippen LogP) is 4.81. The van der Waals surface area contributed by atoms with Gasteiger partial charge >= 0.3 is 0 Å². The van der Waals surface area contributed by atoms with E-state index in [4.69, 9.17) is 17.2 Å². The molecule has 0 unspecified atom stereocenters. The highest BCUT2D eigenvalue weighted by atomic mass is 16.2. The Hall–Kier alpha value is -5.47. The van der Waals surface area contributed by atoms with E-state index < -0.39 is 0 Å². The number of nitrogens with zero attached hydrogens (tertiary/aromatic N) is 2. The third kappa shape index (κ3) is 7.48. The highest BCUT2D eigenvalue weighted by Gasteiger charge is 2.19. The average molecular weight is 585 g/mol. The lowest BCUT2D eigenvalue weighted by Gasteiger charge is -2.24. The summed E-state index contributed by atoms with van der Waals surface area (Å²) in [5.41, 5.74) is 22.4. The molecule has 0 heterocycles. The summed E-state index contributed by atoms with van der Waals surface area (Å²) < 4.78 is 0. The summed E-state index contributed by atoms with van der Waals surface area (Å²) in [6, 6.07) is 37.3. The molecule has 0 saturated heterocycles. The number of hydrogen-bond donors (Lipinski definition) is 4. The number of benzene rings is 5. The van der Waals surface area contributed by atoms with Crippen molar-refractivity contribution in [3.8, 4) is 11.1 Å². The zero-order chi connectivity index (χ0) is 30.9. The molecule has 0 atom stereocenters. The van der Waals surface area contributed by atoms with Crippen molar-refractivity contribution in [1.82, 2.24) is 10.2 Å². The van der Waals surface area contributed by atoms with Crippen LogP contribution in [-0.2, 0) is 19.6 Å². The second kappa shape index (κ2) is 14.1. The Bertz CT molecular complexity index is 1790. The Morgan fingerprint density at radius 3 is 2.18 bits per heavy atom. The molecule has 8 heteroatoms. The summed E-state index contributed by atoms with van der Waals surface area (Å²) in [4.78, 5) is 32.5. The van der Waals surface area contributed by atoms with Crippen LogP contribution < -0.4 is 22.5 Å². The van der Waals surface area contributed by atoms with Crippen LogP contribution in [0.1, 0.15) is 37.4 Å². The monoisotopic (exact) mass is 584 g/mol. The SMILES string of the molecule is NCCNC(=O)c1cccc(-c2cccc(CN(Cc3cccc4ccccc34)C(=O)c3ccc(CN=C(N)N)cc3)c2)c1. The van der Waals surface area contributed by atoms with Crippen LogP contribution in [0.25, 0.3) is 21.9 Å². The van der Waals surface area contributed by atoms with Crippen LogP contribution >= 0.6 is 0 Å². The molecule has 0 aliphatic rings. The van der Waals surface area contributed by atoms with Crippen LogP contribution in [0.15, 0.2) is 120 Å². The average Bonchev–Trinajstić information content (AvgIpc) is 3.06.